The van der Waals surface area contributed by atoms with Crippen LogP contribution in [0.1, 0.15) is 37.2 Å². The molecule has 1 aliphatic heterocycles. The number of halogens is 1. The van der Waals surface area contributed by atoms with Crippen LogP contribution in [0.15, 0.2) is 43.0 Å². The average Bonchev–Trinajstić information content (AvgIpc) is 3.22. The fourth-order valence-electron chi connectivity index (χ4n) is 3.96. The van der Waals surface area contributed by atoms with Gasteiger partial charge in [0.05, 0.1) is 12.4 Å². The fourth-order valence-corrected chi connectivity index (χ4v) is 3.96. The van der Waals surface area contributed by atoms with Crippen LogP contribution in [0.5, 0.6) is 0 Å². The number of amides is 2. The van der Waals surface area contributed by atoms with Gasteiger partial charge in [-0.05, 0) is 49.3 Å². The van der Waals surface area contributed by atoms with Crippen molar-refractivity contribution in [3.05, 3.63) is 54.4 Å². The van der Waals surface area contributed by atoms with Crippen molar-refractivity contribution in [2.24, 2.45) is 0 Å². The minimum absolute atomic E-state index is 0.0327. The summed E-state index contributed by atoms with van der Waals surface area (Å²) in [5.41, 5.74) is 1.03. The molecular weight excluding hydrogens is 319 g/mol. The number of carbonyl (C=O) groups is 1. The number of nitrogens with one attached hydrogen (secondary N) is 1. The molecule has 5 nitrogen and oxygen atoms in total. The zero-order valence-corrected chi connectivity index (χ0v) is 14.1. The minimum atomic E-state index is -0.190. The molecule has 2 amide bonds. The molecule has 2 heterocycles. The van der Waals surface area contributed by atoms with E-state index in [1.165, 1.54) is 6.07 Å². The number of benzene rings is 1. The monoisotopic (exact) mass is 342 g/mol. The number of aromatic nitrogens is 2. The highest BCUT2D eigenvalue weighted by Gasteiger charge is 2.35. The van der Waals surface area contributed by atoms with Gasteiger partial charge in [0.2, 0.25) is 0 Å². The molecule has 2 aromatic rings. The fraction of sp³-hybridized carbons (Fsp3) is 0.474. The lowest BCUT2D eigenvalue weighted by Gasteiger charge is -2.38. The Morgan fingerprint density at radius 3 is 3.00 bits per heavy atom. The Morgan fingerprint density at radius 2 is 2.24 bits per heavy atom. The molecule has 1 aliphatic carbocycles. The van der Waals surface area contributed by atoms with E-state index in [-0.39, 0.29) is 23.9 Å². The molecule has 1 unspecified atom stereocenters. The Bertz CT molecular complexity index is 727. The molecule has 0 spiro atoms. The van der Waals surface area contributed by atoms with E-state index in [0.29, 0.717) is 5.92 Å². The van der Waals surface area contributed by atoms with Gasteiger partial charge in [-0.3, -0.25) is 0 Å². The van der Waals surface area contributed by atoms with E-state index in [1.807, 2.05) is 21.7 Å². The van der Waals surface area contributed by atoms with Crippen LogP contribution in [-0.4, -0.2) is 39.1 Å². The van der Waals surface area contributed by atoms with E-state index >= 15 is 0 Å². The Hall–Kier alpha value is -2.37. The van der Waals surface area contributed by atoms with Gasteiger partial charge in [0.1, 0.15) is 5.82 Å². The largest absolute Gasteiger partial charge is 0.335 e. The van der Waals surface area contributed by atoms with Crippen molar-refractivity contribution in [2.45, 2.75) is 50.2 Å². The van der Waals surface area contributed by atoms with Crippen molar-refractivity contribution in [3.8, 4) is 0 Å². The average molecular weight is 342 g/mol. The topological polar surface area (TPSA) is 50.2 Å². The Labute approximate surface area is 146 Å². The summed E-state index contributed by atoms with van der Waals surface area (Å²) in [7, 11) is 0. The molecule has 1 N–H and O–H groups in total. The number of likely N-dealkylation sites (tertiary alicyclic amines) is 1. The number of nitrogens with zero attached hydrogens (tertiary/aromatic N) is 3. The van der Waals surface area contributed by atoms with Gasteiger partial charge in [0, 0.05) is 31.5 Å². The lowest BCUT2D eigenvalue weighted by atomic mass is 9.76. The lowest BCUT2D eigenvalue weighted by Crippen LogP contribution is -2.51. The maximum Gasteiger partial charge on any atom is 0.317 e. The van der Waals surface area contributed by atoms with Gasteiger partial charge < -0.3 is 14.8 Å². The van der Waals surface area contributed by atoms with Crippen LogP contribution in [0.3, 0.4) is 0 Å². The van der Waals surface area contributed by atoms with Gasteiger partial charge in [0.15, 0.2) is 0 Å². The molecule has 1 atom stereocenters. The third-order valence-corrected chi connectivity index (χ3v) is 5.40. The number of hydrogen-bond donors (Lipinski definition) is 1. The first-order valence-corrected chi connectivity index (χ1v) is 8.97. The van der Waals surface area contributed by atoms with Gasteiger partial charge in [0.25, 0.3) is 0 Å². The van der Waals surface area contributed by atoms with Crippen LogP contribution in [-0.2, 0) is 6.54 Å². The molecule has 25 heavy (non-hydrogen) atoms. The Kier molecular flexibility index (Phi) is 4.42. The zero-order valence-electron chi connectivity index (χ0n) is 14.1. The maximum absolute atomic E-state index is 13.3. The smallest absolute Gasteiger partial charge is 0.317 e. The number of rotatable bonds is 4. The normalized spacial score (nSPS) is 25.6. The van der Waals surface area contributed by atoms with Crippen LogP contribution in [0.2, 0.25) is 0 Å². The number of imidazole rings is 1. The highest BCUT2D eigenvalue weighted by molar-refractivity contribution is 5.75. The molecule has 2 aliphatic rings. The Morgan fingerprint density at radius 1 is 1.36 bits per heavy atom. The van der Waals surface area contributed by atoms with Crippen molar-refractivity contribution >= 4 is 6.03 Å². The van der Waals surface area contributed by atoms with Gasteiger partial charge in [-0.15, -0.1) is 0 Å². The van der Waals surface area contributed by atoms with Crippen molar-refractivity contribution in [1.29, 1.82) is 0 Å². The number of hydrogen-bond acceptors (Lipinski definition) is 2. The summed E-state index contributed by atoms with van der Waals surface area (Å²) in [6, 6.07) is 7.24. The van der Waals surface area contributed by atoms with Gasteiger partial charge in [-0.25, -0.2) is 14.2 Å². The van der Waals surface area contributed by atoms with Crippen LogP contribution in [0, 0.1) is 5.82 Å². The predicted molar refractivity (Wildman–Crippen MR) is 92.6 cm³/mol. The van der Waals surface area contributed by atoms with Crippen molar-refractivity contribution in [1.82, 2.24) is 19.8 Å². The first kappa shape index (κ1) is 16.1. The summed E-state index contributed by atoms with van der Waals surface area (Å²) in [5, 5.41) is 3.15. The van der Waals surface area contributed by atoms with Crippen LogP contribution < -0.4 is 5.32 Å². The number of urea groups is 1. The first-order chi connectivity index (χ1) is 12.2. The van der Waals surface area contributed by atoms with Gasteiger partial charge in [-0.1, -0.05) is 12.1 Å². The van der Waals surface area contributed by atoms with E-state index in [4.69, 9.17) is 0 Å². The highest BCUT2D eigenvalue weighted by Crippen LogP contribution is 2.37. The van der Waals surface area contributed by atoms with E-state index < -0.39 is 0 Å². The van der Waals surface area contributed by atoms with Gasteiger partial charge >= 0.3 is 6.03 Å². The molecule has 2 fully saturated rings. The summed E-state index contributed by atoms with van der Waals surface area (Å²) >= 11 is 0. The van der Waals surface area contributed by atoms with Crippen molar-refractivity contribution < 1.29 is 9.18 Å². The standard InChI is InChI=1S/C19H23FN4O/c20-16-4-1-3-14(9-16)15-10-17(11-15)22-19(25)24-7-2-5-18(24)12-23-8-6-21-13-23/h1,3-4,6,8-9,13,15,17-18H,2,5,7,10-12H2,(H,22,25). The van der Waals surface area contributed by atoms with Crippen molar-refractivity contribution in [2.75, 3.05) is 6.54 Å². The van der Waals surface area contributed by atoms with E-state index in [1.54, 1.807) is 24.7 Å². The second-order valence-corrected chi connectivity index (χ2v) is 7.12. The summed E-state index contributed by atoms with van der Waals surface area (Å²) in [5.74, 6) is 0.158. The van der Waals surface area contributed by atoms with E-state index in [0.717, 1.165) is 44.3 Å². The van der Waals surface area contributed by atoms with Crippen LogP contribution in [0.4, 0.5) is 9.18 Å². The molecule has 1 saturated heterocycles. The predicted octanol–water partition coefficient (Wildman–Crippen LogP) is 3.14. The minimum Gasteiger partial charge on any atom is -0.335 e. The van der Waals surface area contributed by atoms with Crippen LogP contribution >= 0.6 is 0 Å². The third kappa shape index (κ3) is 3.52. The number of carbonyl (C=O) groups excluding carboxylic acids is 1. The summed E-state index contributed by atoms with van der Waals surface area (Å²) in [4.78, 5) is 18.6. The third-order valence-electron chi connectivity index (χ3n) is 5.40. The molecule has 1 saturated carbocycles. The molecule has 132 valence electrons. The maximum atomic E-state index is 13.3. The highest BCUT2D eigenvalue weighted by atomic mass is 19.1. The zero-order chi connectivity index (χ0) is 17.2. The lowest BCUT2D eigenvalue weighted by molar-refractivity contribution is 0.173. The first-order valence-electron chi connectivity index (χ1n) is 8.97. The second-order valence-electron chi connectivity index (χ2n) is 7.12. The summed E-state index contributed by atoms with van der Waals surface area (Å²) in [6.45, 7) is 1.61. The summed E-state index contributed by atoms with van der Waals surface area (Å²) < 4.78 is 15.3. The molecule has 0 bridgehead atoms. The second kappa shape index (κ2) is 6.86. The molecule has 4 rings (SSSR count). The molecule has 1 aromatic carbocycles. The van der Waals surface area contributed by atoms with E-state index in [9.17, 15) is 9.18 Å². The SMILES string of the molecule is O=C(NC1CC(c2cccc(F)c2)C1)N1CCCC1Cn1ccnc1. The molecule has 1 aromatic heterocycles. The summed E-state index contributed by atoms with van der Waals surface area (Å²) in [6.07, 6.45) is 9.34. The van der Waals surface area contributed by atoms with Crippen LogP contribution in [0.25, 0.3) is 0 Å². The molecule has 0 radical (unpaired) electrons. The van der Waals surface area contributed by atoms with E-state index in [2.05, 4.69) is 10.3 Å². The molecule has 6 heteroatoms. The quantitative estimate of drug-likeness (QED) is 0.928. The Balaban J connectivity index is 1.29. The van der Waals surface area contributed by atoms with Gasteiger partial charge in [-0.2, -0.15) is 0 Å². The van der Waals surface area contributed by atoms with Crippen molar-refractivity contribution in [3.63, 3.8) is 0 Å². The molecular formula is C19H23FN4O.